The summed E-state index contributed by atoms with van der Waals surface area (Å²) in [7, 11) is 0. The molecular weight excluding hydrogens is 264 g/mol. The van der Waals surface area contributed by atoms with Crippen molar-refractivity contribution in [2.45, 2.75) is 38.7 Å². The molecule has 0 bridgehead atoms. The van der Waals surface area contributed by atoms with Gasteiger partial charge in [0, 0.05) is 10.8 Å². The number of rotatable bonds is 6. The molecule has 0 aliphatic heterocycles. The van der Waals surface area contributed by atoms with Gasteiger partial charge in [-0.3, -0.25) is 0 Å². The van der Waals surface area contributed by atoms with E-state index in [4.69, 9.17) is 0 Å². The van der Waals surface area contributed by atoms with Crippen LogP contribution in [0.3, 0.4) is 0 Å². The lowest BCUT2D eigenvalue weighted by Gasteiger charge is -2.21. The highest BCUT2D eigenvalue weighted by atomic mass is 32.1. The van der Waals surface area contributed by atoms with E-state index < -0.39 is 6.10 Å². The third-order valence-corrected chi connectivity index (χ3v) is 4.63. The van der Waals surface area contributed by atoms with Gasteiger partial charge in [-0.25, -0.2) is 0 Å². The van der Waals surface area contributed by atoms with Crippen LogP contribution in [0.1, 0.15) is 49.2 Å². The zero-order valence-corrected chi connectivity index (χ0v) is 12.9. The average molecular weight is 286 g/mol. The quantitative estimate of drug-likeness (QED) is 0.713. The van der Waals surface area contributed by atoms with Crippen molar-refractivity contribution in [3.8, 4) is 0 Å². The van der Waals surface area contributed by atoms with Crippen molar-refractivity contribution in [3.05, 3.63) is 69.9 Å². The monoisotopic (exact) mass is 286 g/mol. The van der Waals surface area contributed by atoms with E-state index in [2.05, 4.69) is 32.1 Å². The minimum atomic E-state index is -0.467. The Morgan fingerprint density at radius 3 is 2.35 bits per heavy atom. The van der Waals surface area contributed by atoms with E-state index >= 15 is 0 Å². The van der Waals surface area contributed by atoms with Crippen LogP contribution in [0, 0.1) is 0 Å². The number of hydrogen-bond acceptors (Lipinski definition) is 2. The molecule has 1 heterocycles. The molecule has 0 amide bonds. The largest absolute Gasteiger partial charge is 0.387 e. The summed E-state index contributed by atoms with van der Waals surface area (Å²) in [5.41, 5.74) is 2.57. The van der Waals surface area contributed by atoms with Crippen molar-refractivity contribution in [2.24, 2.45) is 0 Å². The van der Waals surface area contributed by atoms with Crippen LogP contribution in [0.5, 0.6) is 0 Å². The molecule has 0 spiro atoms. The van der Waals surface area contributed by atoms with Crippen molar-refractivity contribution in [1.29, 1.82) is 0 Å². The second-order valence-corrected chi connectivity index (χ2v) is 5.91. The SMILES string of the molecule is CCC(=CC(c1ccccc1)C(O)c1cccs1)CC. The molecule has 1 N–H and O–H groups in total. The Morgan fingerprint density at radius 1 is 1.10 bits per heavy atom. The van der Waals surface area contributed by atoms with Crippen molar-refractivity contribution in [3.63, 3.8) is 0 Å². The van der Waals surface area contributed by atoms with Gasteiger partial charge in [0.25, 0.3) is 0 Å². The van der Waals surface area contributed by atoms with Crippen molar-refractivity contribution < 1.29 is 5.11 Å². The zero-order valence-electron chi connectivity index (χ0n) is 12.1. The second kappa shape index (κ2) is 7.41. The fourth-order valence-electron chi connectivity index (χ4n) is 2.42. The highest BCUT2D eigenvalue weighted by molar-refractivity contribution is 7.10. The van der Waals surface area contributed by atoms with Crippen LogP contribution in [0.15, 0.2) is 59.5 Å². The van der Waals surface area contributed by atoms with E-state index in [0.717, 1.165) is 17.7 Å². The van der Waals surface area contributed by atoms with E-state index in [1.165, 1.54) is 11.1 Å². The van der Waals surface area contributed by atoms with E-state index in [1.54, 1.807) is 11.3 Å². The molecule has 0 saturated heterocycles. The average Bonchev–Trinajstić information content (AvgIpc) is 3.03. The molecule has 0 saturated carbocycles. The molecule has 2 unspecified atom stereocenters. The number of hydrogen-bond donors (Lipinski definition) is 1. The minimum absolute atomic E-state index is 0.0322. The normalized spacial score (nSPS) is 13.8. The fraction of sp³-hybridized carbons (Fsp3) is 0.333. The molecule has 20 heavy (non-hydrogen) atoms. The van der Waals surface area contributed by atoms with Gasteiger partial charge in [-0.05, 0) is 29.9 Å². The fourth-order valence-corrected chi connectivity index (χ4v) is 3.18. The lowest BCUT2D eigenvalue weighted by atomic mass is 9.89. The second-order valence-electron chi connectivity index (χ2n) is 4.93. The third-order valence-electron chi connectivity index (χ3n) is 3.68. The Bertz CT molecular complexity index is 522. The Labute approximate surface area is 125 Å². The van der Waals surface area contributed by atoms with Crippen LogP contribution < -0.4 is 0 Å². The Kier molecular flexibility index (Phi) is 5.57. The standard InChI is InChI=1S/C18H22OS/c1-3-14(4-2)13-16(15-9-6-5-7-10-15)18(19)17-11-8-12-20-17/h5-13,16,18-19H,3-4H2,1-2H3. The minimum Gasteiger partial charge on any atom is -0.387 e. The molecule has 2 heteroatoms. The van der Waals surface area contributed by atoms with E-state index in [0.29, 0.717) is 0 Å². The molecule has 1 aromatic heterocycles. The van der Waals surface area contributed by atoms with Crippen molar-refractivity contribution in [1.82, 2.24) is 0 Å². The summed E-state index contributed by atoms with van der Waals surface area (Å²) in [6.07, 6.45) is 3.86. The number of aliphatic hydroxyl groups excluding tert-OH is 1. The van der Waals surface area contributed by atoms with Crippen LogP contribution in [-0.4, -0.2) is 5.11 Å². The van der Waals surface area contributed by atoms with Crippen LogP contribution in [-0.2, 0) is 0 Å². The smallest absolute Gasteiger partial charge is 0.0984 e. The first-order chi connectivity index (χ1) is 9.76. The number of allylic oxidation sites excluding steroid dienone is 1. The number of benzene rings is 1. The highest BCUT2D eigenvalue weighted by Gasteiger charge is 2.21. The van der Waals surface area contributed by atoms with Crippen molar-refractivity contribution >= 4 is 11.3 Å². The van der Waals surface area contributed by atoms with E-state index in [1.807, 2.05) is 35.7 Å². The summed E-state index contributed by atoms with van der Waals surface area (Å²) in [4.78, 5) is 1.03. The summed E-state index contributed by atoms with van der Waals surface area (Å²) < 4.78 is 0. The maximum absolute atomic E-state index is 10.7. The topological polar surface area (TPSA) is 20.2 Å². The summed E-state index contributed by atoms with van der Waals surface area (Å²) in [6, 6.07) is 14.3. The summed E-state index contributed by atoms with van der Waals surface area (Å²) in [5.74, 6) is 0.0322. The van der Waals surface area contributed by atoms with E-state index in [-0.39, 0.29) is 5.92 Å². The number of aliphatic hydroxyl groups is 1. The molecule has 0 aliphatic rings. The predicted octanol–water partition coefficient (Wildman–Crippen LogP) is 5.31. The molecule has 106 valence electrons. The summed E-state index contributed by atoms with van der Waals surface area (Å²) >= 11 is 1.62. The van der Waals surface area contributed by atoms with Crippen LogP contribution in [0.4, 0.5) is 0 Å². The Morgan fingerprint density at radius 2 is 1.80 bits per heavy atom. The maximum Gasteiger partial charge on any atom is 0.0984 e. The van der Waals surface area contributed by atoms with Gasteiger partial charge in [-0.15, -0.1) is 11.3 Å². The highest BCUT2D eigenvalue weighted by Crippen LogP contribution is 2.35. The zero-order chi connectivity index (χ0) is 14.4. The van der Waals surface area contributed by atoms with Crippen LogP contribution in [0.2, 0.25) is 0 Å². The maximum atomic E-state index is 10.7. The molecule has 2 rings (SSSR count). The molecule has 0 aliphatic carbocycles. The van der Waals surface area contributed by atoms with Crippen LogP contribution >= 0.6 is 11.3 Å². The molecule has 1 nitrogen and oxygen atoms in total. The van der Waals surface area contributed by atoms with Gasteiger partial charge in [0.05, 0.1) is 6.10 Å². The number of thiophene rings is 1. The molecule has 0 radical (unpaired) electrons. The lowest BCUT2D eigenvalue weighted by molar-refractivity contribution is 0.165. The van der Waals surface area contributed by atoms with Gasteiger partial charge >= 0.3 is 0 Å². The molecular formula is C18H22OS. The molecule has 1 aromatic carbocycles. The van der Waals surface area contributed by atoms with Gasteiger partial charge in [-0.2, -0.15) is 0 Å². The molecule has 2 aromatic rings. The molecule has 0 fully saturated rings. The lowest BCUT2D eigenvalue weighted by Crippen LogP contribution is -2.08. The molecule has 2 atom stereocenters. The first kappa shape index (κ1) is 15.0. The van der Waals surface area contributed by atoms with Gasteiger partial charge in [-0.1, -0.05) is 61.9 Å². The van der Waals surface area contributed by atoms with Gasteiger partial charge < -0.3 is 5.11 Å². The third kappa shape index (κ3) is 3.59. The van der Waals surface area contributed by atoms with E-state index in [9.17, 15) is 5.11 Å². The first-order valence-electron chi connectivity index (χ1n) is 7.22. The summed E-state index contributed by atoms with van der Waals surface area (Å²) in [5, 5.41) is 12.7. The summed E-state index contributed by atoms with van der Waals surface area (Å²) in [6.45, 7) is 4.35. The van der Waals surface area contributed by atoms with Crippen molar-refractivity contribution in [2.75, 3.05) is 0 Å². The predicted molar refractivity (Wildman–Crippen MR) is 87.1 cm³/mol. The van der Waals surface area contributed by atoms with Gasteiger partial charge in [0.15, 0.2) is 0 Å². The van der Waals surface area contributed by atoms with Gasteiger partial charge in [0.1, 0.15) is 0 Å². The Balaban J connectivity index is 2.36. The van der Waals surface area contributed by atoms with Gasteiger partial charge in [0.2, 0.25) is 0 Å². The first-order valence-corrected chi connectivity index (χ1v) is 8.10. The Hall–Kier alpha value is -1.38. The van der Waals surface area contributed by atoms with Crippen LogP contribution in [0.25, 0.3) is 0 Å².